The fraction of sp³-hybridized carbons (Fsp3) is 0.375. The lowest BCUT2D eigenvalue weighted by Crippen LogP contribution is -2.53. The van der Waals surface area contributed by atoms with Gasteiger partial charge in [0, 0.05) is 13.1 Å². The van der Waals surface area contributed by atoms with E-state index in [-0.39, 0.29) is 17.3 Å². The zero-order chi connectivity index (χ0) is 29.1. The average Bonchev–Trinajstić information content (AvgIpc) is 2.97. The number of carbonyl (C=O) groups excluding carboxylic acids is 2. The second-order valence-electron chi connectivity index (χ2n) is 9.84. The molecule has 1 atom stereocenters. The van der Waals surface area contributed by atoms with Gasteiger partial charge >= 0.3 is 0 Å². The van der Waals surface area contributed by atoms with Crippen molar-refractivity contribution >= 4 is 27.5 Å². The summed E-state index contributed by atoms with van der Waals surface area (Å²) in [7, 11) is -4.08. The van der Waals surface area contributed by atoms with Crippen molar-refractivity contribution in [3.63, 3.8) is 0 Å². The molecule has 0 unspecified atom stereocenters. The Morgan fingerprint density at radius 3 is 2.15 bits per heavy atom. The molecular weight excluding hydrogens is 522 g/mol. The molecule has 0 aliphatic rings. The van der Waals surface area contributed by atoms with Gasteiger partial charge in [0.1, 0.15) is 12.6 Å². The van der Waals surface area contributed by atoms with Gasteiger partial charge < -0.3 is 10.2 Å². The summed E-state index contributed by atoms with van der Waals surface area (Å²) in [4.78, 5) is 28.9. The zero-order valence-corrected chi connectivity index (χ0v) is 24.8. The molecule has 7 nitrogen and oxygen atoms in total. The molecule has 0 radical (unpaired) electrons. The van der Waals surface area contributed by atoms with E-state index in [0.717, 1.165) is 23.1 Å². The Balaban J connectivity index is 2.03. The quantitative estimate of drug-likeness (QED) is 0.295. The van der Waals surface area contributed by atoms with Gasteiger partial charge in [-0.2, -0.15) is 0 Å². The summed E-state index contributed by atoms with van der Waals surface area (Å²) in [6, 6.07) is 22.9. The fourth-order valence-electron chi connectivity index (χ4n) is 4.67. The standard InChI is InChI=1S/C32H41N3O4S/c1-5-22-33-32(37)29(7-3)34(23-21-26-13-9-8-10-14-26)31(36)24-35(30-16-12-11-15-27(30)6-2)40(38,39)28-19-17-25(4)18-20-28/h8-20,29H,5-7,21-24H2,1-4H3,(H,33,37)/t29-/m0/s1. The number of hydrogen-bond donors (Lipinski definition) is 1. The Bertz CT molecular complexity index is 1360. The highest BCUT2D eigenvalue weighted by Gasteiger charge is 2.34. The summed E-state index contributed by atoms with van der Waals surface area (Å²) in [5.74, 6) is -0.649. The average molecular weight is 564 g/mol. The molecule has 2 amide bonds. The summed E-state index contributed by atoms with van der Waals surface area (Å²) in [6.45, 7) is 8.06. The van der Waals surface area contributed by atoms with Gasteiger partial charge in [-0.3, -0.25) is 13.9 Å². The van der Waals surface area contributed by atoms with E-state index in [1.54, 1.807) is 41.3 Å². The first-order valence-electron chi connectivity index (χ1n) is 14.0. The highest BCUT2D eigenvalue weighted by molar-refractivity contribution is 7.92. The molecule has 8 heteroatoms. The number of carbonyl (C=O) groups is 2. The highest BCUT2D eigenvalue weighted by Crippen LogP contribution is 2.28. The van der Waals surface area contributed by atoms with Crippen LogP contribution >= 0.6 is 0 Å². The van der Waals surface area contributed by atoms with Crippen LogP contribution < -0.4 is 9.62 Å². The van der Waals surface area contributed by atoms with Crippen molar-refractivity contribution < 1.29 is 18.0 Å². The van der Waals surface area contributed by atoms with Crippen molar-refractivity contribution in [2.75, 3.05) is 23.9 Å². The van der Waals surface area contributed by atoms with Crippen LogP contribution in [0.1, 0.15) is 50.3 Å². The number of nitrogens with zero attached hydrogens (tertiary/aromatic N) is 2. The largest absolute Gasteiger partial charge is 0.354 e. The number of amides is 2. The van der Waals surface area contributed by atoms with Gasteiger partial charge in [0.2, 0.25) is 11.8 Å². The number of benzene rings is 3. The van der Waals surface area contributed by atoms with Crippen LogP contribution in [-0.4, -0.2) is 50.8 Å². The zero-order valence-electron chi connectivity index (χ0n) is 24.0. The molecule has 40 heavy (non-hydrogen) atoms. The Morgan fingerprint density at radius 1 is 0.875 bits per heavy atom. The van der Waals surface area contributed by atoms with E-state index < -0.39 is 28.5 Å². The van der Waals surface area contributed by atoms with E-state index in [1.165, 1.54) is 4.31 Å². The third kappa shape index (κ3) is 7.72. The summed E-state index contributed by atoms with van der Waals surface area (Å²) in [5, 5.41) is 2.92. The van der Waals surface area contributed by atoms with Gasteiger partial charge in [-0.15, -0.1) is 0 Å². The lowest BCUT2D eigenvalue weighted by atomic mass is 10.1. The van der Waals surface area contributed by atoms with Gasteiger partial charge in [0.15, 0.2) is 0 Å². The minimum absolute atomic E-state index is 0.111. The van der Waals surface area contributed by atoms with Crippen LogP contribution in [0, 0.1) is 6.92 Å². The Morgan fingerprint density at radius 2 is 1.52 bits per heavy atom. The first-order chi connectivity index (χ1) is 19.2. The third-order valence-corrected chi connectivity index (χ3v) is 8.72. The van der Waals surface area contributed by atoms with E-state index in [9.17, 15) is 18.0 Å². The Labute approximate surface area is 239 Å². The first kappa shape index (κ1) is 30.9. The molecule has 0 spiro atoms. The van der Waals surface area contributed by atoms with E-state index in [4.69, 9.17) is 0 Å². The normalized spacial score (nSPS) is 12.0. The van der Waals surface area contributed by atoms with Crippen molar-refractivity contribution in [1.29, 1.82) is 0 Å². The summed E-state index contributed by atoms with van der Waals surface area (Å²) in [5.41, 5.74) is 3.25. The molecular formula is C32H41N3O4S. The molecule has 214 valence electrons. The predicted octanol–water partition coefficient (Wildman–Crippen LogP) is 5.13. The van der Waals surface area contributed by atoms with Crippen LogP contribution in [0.2, 0.25) is 0 Å². The predicted molar refractivity (Wildman–Crippen MR) is 161 cm³/mol. The lowest BCUT2D eigenvalue weighted by Gasteiger charge is -2.33. The number of sulfonamides is 1. The van der Waals surface area contributed by atoms with E-state index >= 15 is 0 Å². The topological polar surface area (TPSA) is 86.8 Å². The number of para-hydroxylation sites is 1. The molecule has 0 aromatic heterocycles. The summed E-state index contributed by atoms with van der Waals surface area (Å²) >= 11 is 0. The molecule has 0 aliphatic carbocycles. The molecule has 3 aromatic carbocycles. The fourth-order valence-corrected chi connectivity index (χ4v) is 6.12. The van der Waals surface area contributed by atoms with Crippen molar-refractivity contribution in [3.05, 3.63) is 95.6 Å². The number of hydrogen-bond acceptors (Lipinski definition) is 4. The van der Waals surface area contributed by atoms with Gasteiger partial charge in [-0.1, -0.05) is 87.0 Å². The van der Waals surface area contributed by atoms with E-state index in [2.05, 4.69) is 5.32 Å². The second-order valence-corrected chi connectivity index (χ2v) is 11.7. The monoisotopic (exact) mass is 563 g/mol. The first-order valence-corrected chi connectivity index (χ1v) is 15.4. The maximum absolute atomic E-state index is 14.1. The maximum atomic E-state index is 14.1. The number of rotatable bonds is 14. The van der Waals surface area contributed by atoms with Gasteiger partial charge in [-0.05, 0) is 61.9 Å². The van der Waals surface area contributed by atoms with E-state index in [0.29, 0.717) is 31.5 Å². The molecule has 0 fully saturated rings. The molecule has 1 N–H and O–H groups in total. The summed E-state index contributed by atoms with van der Waals surface area (Å²) < 4.78 is 29.3. The van der Waals surface area contributed by atoms with Crippen molar-refractivity contribution in [3.8, 4) is 0 Å². The smallest absolute Gasteiger partial charge is 0.264 e. The molecule has 0 heterocycles. The van der Waals surface area contributed by atoms with E-state index in [1.807, 2.05) is 70.2 Å². The summed E-state index contributed by atoms with van der Waals surface area (Å²) in [6.07, 6.45) is 2.32. The van der Waals surface area contributed by atoms with Crippen LogP contribution in [0.25, 0.3) is 0 Å². The number of aryl methyl sites for hydroxylation is 2. The van der Waals surface area contributed by atoms with Crippen LogP contribution in [-0.2, 0) is 32.5 Å². The molecule has 0 bridgehead atoms. The van der Waals surface area contributed by atoms with Gasteiger partial charge in [-0.25, -0.2) is 8.42 Å². The lowest BCUT2D eigenvalue weighted by molar-refractivity contribution is -0.139. The van der Waals surface area contributed by atoms with Gasteiger partial charge in [0.25, 0.3) is 10.0 Å². The van der Waals surface area contributed by atoms with Crippen molar-refractivity contribution in [2.24, 2.45) is 0 Å². The molecule has 0 saturated heterocycles. The third-order valence-electron chi connectivity index (χ3n) is 6.95. The van der Waals surface area contributed by atoms with Crippen LogP contribution in [0.5, 0.6) is 0 Å². The Kier molecular flexibility index (Phi) is 11.3. The van der Waals surface area contributed by atoms with Gasteiger partial charge in [0.05, 0.1) is 10.6 Å². The molecule has 3 rings (SSSR count). The molecule has 3 aromatic rings. The second kappa shape index (κ2) is 14.7. The number of anilines is 1. The maximum Gasteiger partial charge on any atom is 0.264 e. The van der Waals surface area contributed by atoms with Crippen LogP contribution in [0.3, 0.4) is 0 Å². The highest BCUT2D eigenvalue weighted by atomic mass is 32.2. The SMILES string of the molecule is CCCNC(=O)[C@H](CC)N(CCc1ccccc1)C(=O)CN(c1ccccc1CC)S(=O)(=O)c1ccc(C)cc1. The molecule has 0 aliphatic heterocycles. The molecule has 0 saturated carbocycles. The van der Waals surface area contributed by atoms with Crippen LogP contribution in [0.15, 0.2) is 83.8 Å². The van der Waals surface area contributed by atoms with Crippen LogP contribution in [0.4, 0.5) is 5.69 Å². The Hall–Kier alpha value is -3.65. The minimum atomic E-state index is -4.08. The number of nitrogens with one attached hydrogen (secondary N) is 1. The van der Waals surface area contributed by atoms with Crippen molar-refractivity contribution in [1.82, 2.24) is 10.2 Å². The minimum Gasteiger partial charge on any atom is -0.354 e. The van der Waals surface area contributed by atoms with Crippen molar-refractivity contribution in [2.45, 2.75) is 64.3 Å².